The molecule has 1 aromatic heterocycles. The maximum absolute atomic E-state index is 12.3. The van der Waals surface area contributed by atoms with E-state index in [1.165, 1.54) is 24.3 Å². The van der Waals surface area contributed by atoms with Gasteiger partial charge in [0.1, 0.15) is 5.82 Å². The van der Waals surface area contributed by atoms with Crippen LogP contribution in [0.25, 0.3) is 0 Å². The molecule has 1 N–H and O–H groups in total. The van der Waals surface area contributed by atoms with Gasteiger partial charge in [0.2, 0.25) is 6.41 Å². The number of piperazine rings is 1. The molecule has 1 fully saturated rings. The van der Waals surface area contributed by atoms with E-state index in [1.54, 1.807) is 17.2 Å². The van der Waals surface area contributed by atoms with Crippen molar-refractivity contribution in [2.75, 3.05) is 35.8 Å². The first-order valence-electron chi connectivity index (χ1n) is 7.67. The van der Waals surface area contributed by atoms with Crippen LogP contribution in [0.5, 0.6) is 0 Å². The molecule has 0 bridgehead atoms. The topological polar surface area (TPSA) is 82.6 Å². The second kappa shape index (κ2) is 7.28. The molecular weight excluding hydrogens is 364 g/mol. The minimum atomic E-state index is -3.71. The summed E-state index contributed by atoms with van der Waals surface area (Å²) in [6.45, 7) is 2.76. The summed E-state index contributed by atoms with van der Waals surface area (Å²) in [5, 5.41) is 0.469. The van der Waals surface area contributed by atoms with E-state index < -0.39 is 10.0 Å². The number of sulfonamides is 1. The Bertz CT molecular complexity index is 833. The molecule has 25 heavy (non-hydrogen) atoms. The van der Waals surface area contributed by atoms with Crippen LogP contribution in [0.3, 0.4) is 0 Å². The highest BCUT2D eigenvalue weighted by atomic mass is 35.5. The van der Waals surface area contributed by atoms with Gasteiger partial charge in [-0.1, -0.05) is 11.6 Å². The molecule has 1 saturated heterocycles. The van der Waals surface area contributed by atoms with Gasteiger partial charge >= 0.3 is 0 Å². The van der Waals surface area contributed by atoms with Gasteiger partial charge in [-0.05, 0) is 36.4 Å². The minimum absolute atomic E-state index is 0.118. The number of amides is 1. The molecule has 7 nitrogen and oxygen atoms in total. The monoisotopic (exact) mass is 380 g/mol. The quantitative estimate of drug-likeness (QED) is 0.800. The van der Waals surface area contributed by atoms with Crippen molar-refractivity contribution in [1.29, 1.82) is 0 Å². The predicted octanol–water partition coefficient (Wildman–Crippen LogP) is 1.81. The maximum Gasteiger partial charge on any atom is 0.263 e. The molecule has 0 atom stereocenters. The lowest BCUT2D eigenvalue weighted by Crippen LogP contribution is -2.45. The number of halogens is 1. The lowest BCUT2D eigenvalue weighted by Gasteiger charge is -2.33. The van der Waals surface area contributed by atoms with Gasteiger partial charge in [0.25, 0.3) is 10.0 Å². The SMILES string of the molecule is O=CN1CCN(c2ccc(NS(=O)(=O)c3ccc(Cl)cc3)nc2)CC1. The molecule has 0 saturated carbocycles. The van der Waals surface area contributed by atoms with Crippen molar-refractivity contribution < 1.29 is 13.2 Å². The summed E-state index contributed by atoms with van der Waals surface area (Å²) < 4.78 is 27.1. The van der Waals surface area contributed by atoms with Crippen molar-refractivity contribution in [3.63, 3.8) is 0 Å². The average Bonchev–Trinajstić information content (AvgIpc) is 2.62. The number of carbonyl (C=O) groups is 1. The number of nitrogens with zero attached hydrogens (tertiary/aromatic N) is 3. The van der Waals surface area contributed by atoms with Gasteiger partial charge in [0, 0.05) is 31.2 Å². The maximum atomic E-state index is 12.3. The van der Waals surface area contributed by atoms with E-state index in [0.29, 0.717) is 18.1 Å². The summed E-state index contributed by atoms with van der Waals surface area (Å²) in [5.74, 6) is 0.241. The minimum Gasteiger partial charge on any atom is -0.367 e. The third-order valence-electron chi connectivity index (χ3n) is 3.94. The second-order valence-electron chi connectivity index (χ2n) is 5.59. The second-order valence-corrected chi connectivity index (χ2v) is 7.71. The summed E-state index contributed by atoms with van der Waals surface area (Å²) in [5.41, 5.74) is 0.889. The molecular formula is C16H17ClN4O3S. The van der Waals surface area contributed by atoms with E-state index >= 15 is 0 Å². The molecule has 0 radical (unpaired) electrons. The summed E-state index contributed by atoms with van der Waals surface area (Å²) in [4.78, 5) is 18.9. The van der Waals surface area contributed by atoms with Crippen molar-refractivity contribution in [2.24, 2.45) is 0 Å². The highest BCUT2D eigenvalue weighted by Crippen LogP contribution is 2.20. The average molecular weight is 381 g/mol. The first-order valence-corrected chi connectivity index (χ1v) is 9.53. The Morgan fingerprint density at radius 3 is 2.28 bits per heavy atom. The third-order valence-corrected chi connectivity index (χ3v) is 5.56. The van der Waals surface area contributed by atoms with Gasteiger partial charge in [0.15, 0.2) is 0 Å². The van der Waals surface area contributed by atoms with E-state index in [4.69, 9.17) is 11.6 Å². The molecule has 2 heterocycles. The Morgan fingerprint density at radius 1 is 1.04 bits per heavy atom. The molecule has 2 aromatic rings. The lowest BCUT2D eigenvalue weighted by molar-refractivity contribution is -0.118. The van der Waals surface area contributed by atoms with Gasteiger partial charge < -0.3 is 9.80 Å². The predicted molar refractivity (Wildman–Crippen MR) is 96.3 cm³/mol. The fourth-order valence-corrected chi connectivity index (χ4v) is 3.66. The van der Waals surface area contributed by atoms with Crippen molar-refractivity contribution >= 4 is 39.5 Å². The summed E-state index contributed by atoms with van der Waals surface area (Å²) >= 11 is 5.78. The number of benzene rings is 1. The molecule has 1 aliphatic rings. The van der Waals surface area contributed by atoms with Crippen molar-refractivity contribution in [3.05, 3.63) is 47.6 Å². The Kier molecular flexibility index (Phi) is 5.10. The zero-order valence-corrected chi connectivity index (χ0v) is 14.9. The molecule has 3 rings (SSSR count). The molecule has 0 aliphatic carbocycles. The molecule has 1 aromatic carbocycles. The van der Waals surface area contributed by atoms with Crippen LogP contribution in [0.15, 0.2) is 47.5 Å². The van der Waals surface area contributed by atoms with E-state index in [1.807, 2.05) is 6.07 Å². The summed E-state index contributed by atoms with van der Waals surface area (Å²) in [7, 11) is -3.71. The fraction of sp³-hybridized carbons (Fsp3) is 0.250. The Balaban J connectivity index is 1.68. The largest absolute Gasteiger partial charge is 0.367 e. The molecule has 9 heteroatoms. The highest BCUT2D eigenvalue weighted by Gasteiger charge is 2.17. The zero-order chi connectivity index (χ0) is 17.9. The van der Waals surface area contributed by atoms with Crippen molar-refractivity contribution in [2.45, 2.75) is 4.90 Å². The molecule has 132 valence electrons. The van der Waals surface area contributed by atoms with E-state index in [9.17, 15) is 13.2 Å². The number of aromatic nitrogens is 1. The number of carbonyl (C=O) groups excluding carboxylic acids is 1. The first kappa shape index (κ1) is 17.5. The van der Waals surface area contributed by atoms with Gasteiger partial charge in [-0.15, -0.1) is 0 Å². The van der Waals surface area contributed by atoms with Crippen LogP contribution >= 0.6 is 11.6 Å². The van der Waals surface area contributed by atoms with Crippen LogP contribution in [0.2, 0.25) is 5.02 Å². The van der Waals surface area contributed by atoms with Crippen molar-refractivity contribution in [1.82, 2.24) is 9.88 Å². The van der Waals surface area contributed by atoms with Crippen LogP contribution in [0.4, 0.5) is 11.5 Å². The Labute approximate surface area is 151 Å². The molecule has 1 amide bonds. The van der Waals surface area contributed by atoms with Crippen LogP contribution in [-0.2, 0) is 14.8 Å². The lowest BCUT2D eigenvalue weighted by atomic mass is 10.3. The Morgan fingerprint density at radius 2 is 1.72 bits per heavy atom. The van der Waals surface area contributed by atoms with Crippen LogP contribution < -0.4 is 9.62 Å². The summed E-state index contributed by atoms with van der Waals surface area (Å²) in [6, 6.07) is 9.34. The third kappa shape index (κ3) is 4.21. The molecule has 0 spiro atoms. The number of anilines is 2. The number of pyridine rings is 1. The summed E-state index contributed by atoms with van der Waals surface area (Å²) in [6.07, 6.45) is 2.47. The standard InChI is InChI=1S/C16H17ClN4O3S/c17-13-1-4-15(5-2-13)25(23,24)19-16-6-3-14(11-18-16)21-9-7-20(12-22)8-10-21/h1-6,11-12H,7-10H2,(H,18,19). The number of nitrogens with one attached hydrogen (secondary N) is 1. The van der Waals surface area contributed by atoms with E-state index in [-0.39, 0.29) is 10.7 Å². The number of rotatable bonds is 5. The first-order chi connectivity index (χ1) is 12.0. The van der Waals surface area contributed by atoms with Gasteiger partial charge in [-0.25, -0.2) is 13.4 Å². The fourth-order valence-electron chi connectivity index (χ4n) is 2.53. The van der Waals surface area contributed by atoms with E-state index in [2.05, 4.69) is 14.6 Å². The van der Waals surface area contributed by atoms with Gasteiger partial charge in [-0.2, -0.15) is 0 Å². The molecule has 1 aliphatic heterocycles. The number of hydrogen-bond donors (Lipinski definition) is 1. The normalized spacial score (nSPS) is 15.1. The zero-order valence-electron chi connectivity index (χ0n) is 13.3. The number of hydrogen-bond acceptors (Lipinski definition) is 5. The van der Waals surface area contributed by atoms with Crippen LogP contribution in [0.1, 0.15) is 0 Å². The van der Waals surface area contributed by atoms with Crippen LogP contribution in [0, 0.1) is 0 Å². The van der Waals surface area contributed by atoms with Crippen molar-refractivity contribution in [3.8, 4) is 0 Å². The van der Waals surface area contributed by atoms with Gasteiger partial charge in [0.05, 0.1) is 16.8 Å². The Hall–Kier alpha value is -2.32. The van der Waals surface area contributed by atoms with E-state index in [0.717, 1.165) is 25.2 Å². The smallest absolute Gasteiger partial charge is 0.263 e. The van der Waals surface area contributed by atoms with Gasteiger partial charge in [-0.3, -0.25) is 9.52 Å². The van der Waals surface area contributed by atoms with Crippen LogP contribution in [-0.4, -0.2) is 50.9 Å². The highest BCUT2D eigenvalue weighted by molar-refractivity contribution is 7.92. The molecule has 0 unspecified atom stereocenters.